The molecule has 1 heterocycles. The highest BCUT2D eigenvalue weighted by Gasteiger charge is 2.21. The lowest BCUT2D eigenvalue weighted by Crippen LogP contribution is -2.55. The Balaban J connectivity index is 1.94. The maximum Gasteiger partial charge on any atom is 0.331 e. The van der Waals surface area contributed by atoms with Crippen LogP contribution in [0.3, 0.4) is 0 Å². The molecule has 7 heteroatoms. The number of hydrogen-bond acceptors (Lipinski definition) is 3. The smallest absolute Gasteiger partial charge is 0.331 e. The average molecular weight is 317 g/mol. The van der Waals surface area contributed by atoms with Crippen molar-refractivity contribution in [3.05, 3.63) is 28.2 Å². The largest absolute Gasteiger partial charge is 0.368 e. The van der Waals surface area contributed by atoms with Crippen LogP contribution in [-0.4, -0.2) is 56.2 Å². The molecule has 1 saturated heterocycles. The van der Waals surface area contributed by atoms with Gasteiger partial charge in [-0.1, -0.05) is 29.3 Å². The van der Waals surface area contributed by atoms with E-state index in [1.54, 1.807) is 20.2 Å². The number of rotatable bonds is 2. The zero-order valence-corrected chi connectivity index (χ0v) is 13.1. The number of benzene rings is 1. The lowest BCUT2D eigenvalue weighted by molar-refractivity contribution is 0.152. The summed E-state index contributed by atoms with van der Waals surface area (Å²) >= 11 is 12.3. The molecule has 5 nitrogen and oxygen atoms in total. The number of halogens is 2. The predicted molar refractivity (Wildman–Crippen MR) is 82.5 cm³/mol. The van der Waals surface area contributed by atoms with Gasteiger partial charge in [-0.2, -0.15) is 0 Å². The van der Waals surface area contributed by atoms with E-state index in [-0.39, 0.29) is 6.03 Å². The van der Waals surface area contributed by atoms with Gasteiger partial charge in [-0.15, -0.1) is 0 Å². The molecule has 1 aliphatic heterocycles. The van der Waals surface area contributed by atoms with Crippen LogP contribution in [0.15, 0.2) is 18.2 Å². The minimum atomic E-state index is -0.112. The lowest BCUT2D eigenvalue weighted by Gasteiger charge is -2.36. The van der Waals surface area contributed by atoms with Crippen LogP contribution in [0.4, 0.5) is 10.5 Å². The standard InChI is InChI=1S/C13H18Cl2N4O/c1-17(2)13(20)16-19-8-6-18(7-9-19)11-5-3-4-10(14)12(11)15/h3-5H,6-9H2,1-2H3,(H,16,20). The first-order valence-corrected chi connectivity index (χ1v) is 7.16. The van der Waals surface area contributed by atoms with E-state index in [1.807, 2.05) is 17.1 Å². The van der Waals surface area contributed by atoms with Gasteiger partial charge in [0, 0.05) is 40.3 Å². The minimum Gasteiger partial charge on any atom is -0.368 e. The Morgan fingerprint density at radius 3 is 2.45 bits per heavy atom. The summed E-state index contributed by atoms with van der Waals surface area (Å²) in [5.41, 5.74) is 3.79. The molecule has 2 rings (SSSR count). The number of hydrazine groups is 1. The van der Waals surface area contributed by atoms with E-state index in [9.17, 15) is 4.79 Å². The second kappa shape index (κ2) is 6.52. The van der Waals surface area contributed by atoms with Gasteiger partial charge < -0.3 is 9.80 Å². The number of anilines is 1. The van der Waals surface area contributed by atoms with E-state index in [1.165, 1.54) is 4.90 Å². The van der Waals surface area contributed by atoms with Crippen LogP contribution in [0.2, 0.25) is 10.0 Å². The summed E-state index contributed by atoms with van der Waals surface area (Å²) in [5, 5.41) is 3.06. The van der Waals surface area contributed by atoms with Crippen LogP contribution >= 0.6 is 23.2 Å². The van der Waals surface area contributed by atoms with Gasteiger partial charge in [-0.3, -0.25) is 5.43 Å². The fourth-order valence-electron chi connectivity index (χ4n) is 2.03. The highest BCUT2D eigenvalue weighted by Crippen LogP contribution is 2.32. The highest BCUT2D eigenvalue weighted by molar-refractivity contribution is 6.43. The molecule has 20 heavy (non-hydrogen) atoms. The maximum atomic E-state index is 11.6. The van der Waals surface area contributed by atoms with Crippen molar-refractivity contribution in [1.29, 1.82) is 0 Å². The summed E-state index contributed by atoms with van der Waals surface area (Å²) in [5.74, 6) is 0. The summed E-state index contributed by atoms with van der Waals surface area (Å²) in [6, 6.07) is 5.52. The van der Waals surface area contributed by atoms with Crippen LogP contribution in [0.1, 0.15) is 0 Å². The number of urea groups is 1. The number of nitrogens with one attached hydrogen (secondary N) is 1. The SMILES string of the molecule is CN(C)C(=O)NN1CCN(c2cccc(Cl)c2Cl)CC1. The molecule has 110 valence electrons. The van der Waals surface area contributed by atoms with Gasteiger partial charge in [0.15, 0.2) is 0 Å². The van der Waals surface area contributed by atoms with Crippen molar-refractivity contribution in [3.63, 3.8) is 0 Å². The van der Waals surface area contributed by atoms with E-state index in [0.29, 0.717) is 10.0 Å². The van der Waals surface area contributed by atoms with Crippen LogP contribution < -0.4 is 10.3 Å². The minimum absolute atomic E-state index is 0.112. The number of amides is 2. The van der Waals surface area contributed by atoms with E-state index in [0.717, 1.165) is 31.9 Å². The quantitative estimate of drug-likeness (QED) is 0.910. The molecule has 1 fully saturated rings. The molecule has 2 amide bonds. The molecule has 0 saturated carbocycles. The van der Waals surface area contributed by atoms with Crippen molar-refractivity contribution in [3.8, 4) is 0 Å². The summed E-state index contributed by atoms with van der Waals surface area (Å²) in [6.07, 6.45) is 0. The average Bonchev–Trinajstić information content (AvgIpc) is 2.43. The molecule has 0 unspecified atom stereocenters. The Morgan fingerprint density at radius 2 is 1.85 bits per heavy atom. The van der Waals surface area contributed by atoms with Gasteiger partial charge in [0.05, 0.1) is 15.7 Å². The van der Waals surface area contributed by atoms with Gasteiger partial charge in [0.2, 0.25) is 0 Å². The third-order valence-electron chi connectivity index (χ3n) is 3.21. The summed E-state index contributed by atoms with van der Waals surface area (Å²) in [6.45, 7) is 3.05. The van der Waals surface area contributed by atoms with Crippen molar-refractivity contribution in [2.75, 3.05) is 45.2 Å². The molecule has 0 atom stereocenters. The second-order valence-corrected chi connectivity index (χ2v) is 5.64. The normalized spacial score (nSPS) is 16.1. The van der Waals surface area contributed by atoms with Crippen LogP contribution in [0, 0.1) is 0 Å². The predicted octanol–water partition coefficient (Wildman–Crippen LogP) is 2.30. The van der Waals surface area contributed by atoms with E-state index in [4.69, 9.17) is 23.2 Å². The summed E-state index contributed by atoms with van der Waals surface area (Å²) < 4.78 is 0. The number of carbonyl (C=O) groups is 1. The Bertz CT molecular complexity index is 487. The third-order valence-corrected chi connectivity index (χ3v) is 4.02. The summed E-state index contributed by atoms with van der Waals surface area (Å²) in [7, 11) is 3.44. The molecular weight excluding hydrogens is 299 g/mol. The highest BCUT2D eigenvalue weighted by atomic mass is 35.5. The first-order chi connectivity index (χ1) is 9.49. The molecule has 1 aliphatic rings. The van der Waals surface area contributed by atoms with E-state index >= 15 is 0 Å². The summed E-state index contributed by atoms with van der Waals surface area (Å²) in [4.78, 5) is 15.3. The van der Waals surface area contributed by atoms with E-state index < -0.39 is 0 Å². The fourth-order valence-corrected chi connectivity index (χ4v) is 2.45. The van der Waals surface area contributed by atoms with Crippen LogP contribution in [0.5, 0.6) is 0 Å². The molecule has 1 N–H and O–H groups in total. The van der Waals surface area contributed by atoms with Gasteiger partial charge in [0.1, 0.15) is 0 Å². The van der Waals surface area contributed by atoms with Gasteiger partial charge in [-0.25, -0.2) is 9.80 Å². The lowest BCUT2D eigenvalue weighted by atomic mass is 10.2. The van der Waals surface area contributed by atoms with Gasteiger partial charge in [0.25, 0.3) is 0 Å². The zero-order valence-electron chi connectivity index (χ0n) is 11.6. The van der Waals surface area contributed by atoms with Gasteiger partial charge >= 0.3 is 6.03 Å². The van der Waals surface area contributed by atoms with Crippen molar-refractivity contribution >= 4 is 34.9 Å². The number of piperazine rings is 1. The molecule has 1 aromatic carbocycles. The molecule has 1 aromatic rings. The Kier molecular flexibility index (Phi) is 4.96. The van der Waals surface area contributed by atoms with Crippen LogP contribution in [0.25, 0.3) is 0 Å². The first kappa shape index (κ1) is 15.2. The molecule has 0 radical (unpaired) electrons. The third kappa shape index (κ3) is 3.48. The Morgan fingerprint density at radius 1 is 1.20 bits per heavy atom. The number of hydrogen-bond donors (Lipinski definition) is 1. The second-order valence-electron chi connectivity index (χ2n) is 4.86. The first-order valence-electron chi connectivity index (χ1n) is 6.41. The molecular formula is C13H18Cl2N4O. The van der Waals surface area contributed by atoms with E-state index in [2.05, 4.69) is 10.3 Å². The van der Waals surface area contributed by atoms with Crippen molar-refractivity contribution in [2.45, 2.75) is 0 Å². The topological polar surface area (TPSA) is 38.8 Å². The van der Waals surface area contributed by atoms with Crippen molar-refractivity contribution in [1.82, 2.24) is 15.3 Å². The Hall–Kier alpha value is -1.17. The molecule has 0 aliphatic carbocycles. The van der Waals surface area contributed by atoms with Crippen molar-refractivity contribution in [2.24, 2.45) is 0 Å². The Labute approximate surface area is 129 Å². The molecule has 0 bridgehead atoms. The number of carbonyl (C=O) groups excluding carboxylic acids is 1. The zero-order chi connectivity index (χ0) is 14.7. The van der Waals surface area contributed by atoms with Crippen molar-refractivity contribution < 1.29 is 4.79 Å². The van der Waals surface area contributed by atoms with Crippen LogP contribution in [-0.2, 0) is 0 Å². The number of nitrogens with zero attached hydrogens (tertiary/aromatic N) is 3. The maximum absolute atomic E-state index is 11.6. The monoisotopic (exact) mass is 316 g/mol. The fraction of sp³-hybridized carbons (Fsp3) is 0.462. The molecule has 0 aromatic heterocycles. The van der Waals surface area contributed by atoms with Gasteiger partial charge in [-0.05, 0) is 12.1 Å². The molecule has 0 spiro atoms.